The van der Waals surface area contributed by atoms with Gasteiger partial charge in [0.15, 0.2) is 0 Å². The Morgan fingerprint density at radius 2 is 1.81 bits per heavy atom. The van der Waals surface area contributed by atoms with E-state index in [2.05, 4.69) is 15.1 Å². The normalized spacial score (nSPS) is 14.8. The molecule has 0 saturated carbocycles. The van der Waals surface area contributed by atoms with Crippen molar-refractivity contribution in [3.8, 4) is 5.95 Å². The summed E-state index contributed by atoms with van der Waals surface area (Å²) in [7, 11) is 0. The summed E-state index contributed by atoms with van der Waals surface area (Å²) in [4.78, 5) is 47.8. The number of aromatic nitrogens is 5. The van der Waals surface area contributed by atoms with Crippen LogP contribution >= 0.6 is 0 Å². The molecule has 1 aliphatic heterocycles. The Hall–Kier alpha value is -3.63. The van der Waals surface area contributed by atoms with Crippen LogP contribution in [-0.4, -0.2) is 77.7 Å². The molecule has 0 atom stereocenters. The minimum Gasteiger partial charge on any atom is -0.444 e. The van der Waals surface area contributed by atoms with Crippen molar-refractivity contribution in [2.75, 3.05) is 26.2 Å². The molecule has 3 aromatic rings. The first-order valence-corrected chi connectivity index (χ1v) is 10.0. The Labute approximate surface area is 178 Å². The SMILES string of the molecule is Cc1c(C(=O)N2CCN(C(=O)OC(C)(C)C)CC2)cnn1-c1nc2cccn2c(=O)[nH]1. The molecule has 4 rings (SSSR count). The minimum atomic E-state index is -0.561. The molecule has 0 radical (unpaired) electrons. The van der Waals surface area contributed by atoms with E-state index in [1.165, 1.54) is 15.3 Å². The fourth-order valence-electron chi connectivity index (χ4n) is 3.45. The summed E-state index contributed by atoms with van der Waals surface area (Å²) < 4.78 is 8.23. The molecule has 0 aliphatic carbocycles. The van der Waals surface area contributed by atoms with Gasteiger partial charge in [0.05, 0.1) is 17.5 Å². The molecular formula is C20H25N7O4. The van der Waals surface area contributed by atoms with Crippen LogP contribution < -0.4 is 5.69 Å². The third-order valence-corrected chi connectivity index (χ3v) is 5.04. The van der Waals surface area contributed by atoms with Gasteiger partial charge >= 0.3 is 11.8 Å². The molecule has 1 fully saturated rings. The van der Waals surface area contributed by atoms with E-state index in [1.54, 1.807) is 35.1 Å². The van der Waals surface area contributed by atoms with E-state index in [1.807, 2.05) is 20.8 Å². The molecule has 4 heterocycles. The van der Waals surface area contributed by atoms with E-state index < -0.39 is 5.60 Å². The molecule has 0 bridgehead atoms. The van der Waals surface area contributed by atoms with E-state index in [0.717, 1.165) is 0 Å². The predicted molar refractivity (Wildman–Crippen MR) is 111 cm³/mol. The Balaban J connectivity index is 1.49. The fraction of sp³-hybridized carbons (Fsp3) is 0.450. The van der Waals surface area contributed by atoms with Crippen LogP contribution in [0.4, 0.5) is 4.79 Å². The maximum Gasteiger partial charge on any atom is 0.410 e. The van der Waals surface area contributed by atoms with Crippen molar-refractivity contribution in [3.63, 3.8) is 0 Å². The number of carbonyl (C=O) groups is 2. The second-order valence-corrected chi connectivity index (χ2v) is 8.42. The van der Waals surface area contributed by atoms with Crippen LogP contribution in [0, 0.1) is 6.92 Å². The number of ether oxygens (including phenoxy) is 1. The molecule has 0 unspecified atom stereocenters. The number of amides is 2. The number of hydrogen-bond donors (Lipinski definition) is 1. The highest BCUT2D eigenvalue weighted by molar-refractivity contribution is 5.95. The lowest BCUT2D eigenvalue weighted by molar-refractivity contribution is 0.0140. The van der Waals surface area contributed by atoms with Gasteiger partial charge in [0, 0.05) is 32.4 Å². The summed E-state index contributed by atoms with van der Waals surface area (Å²) in [6, 6.07) is 3.44. The summed E-state index contributed by atoms with van der Waals surface area (Å²) in [6.07, 6.45) is 2.71. The second-order valence-electron chi connectivity index (χ2n) is 8.42. The van der Waals surface area contributed by atoms with E-state index in [4.69, 9.17) is 4.74 Å². The number of rotatable bonds is 2. The summed E-state index contributed by atoms with van der Waals surface area (Å²) in [5.41, 5.74) is 0.572. The first kappa shape index (κ1) is 20.6. The van der Waals surface area contributed by atoms with Crippen molar-refractivity contribution in [3.05, 3.63) is 46.3 Å². The molecule has 2 amide bonds. The van der Waals surface area contributed by atoms with Crippen molar-refractivity contribution in [2.24, 2.45) is 0 Å². The highest BCUT2D eigenvalue weighted by Crippen LogP contribution is 2.16. The van der Waals surface area contributed by atoms with E-state index >= 15 is 0 Å². The molecule has 0 spiro atoms. The van der Waals surface area contributed by atoms with Gasteiger partial charge in [-0.3, -0.25) is 14.2 Å². The van der Waals surface area contributed by atoms with Gasteiger partial charge in [-0.1, -0.05) is 0 Å². The Morgan fingerprint density at radius 3 is 2.48 bits per heavy atom. The third-order valence-electron chi connectivity index (χ3n) is 5.04. The Morgan fingerprint density at radius 1 is 1.13 bits per heavy atom. The lowest BCUT2D eigenvalue weighted by Crippen LogP contribution is -2.51. The van der Waals surface area contributed by atoms with Gasteiger partial charge in [-0.2, -0.15) is 10.1 Å². The van der Waals surface area contributed by atoms with Crippen LogP contribution in [0.5, 0.6) is 0 Å². The molecule has 1 aliphatic rings. The number of aromatic amines is 1. The monoisotopic (exact) mass is 427 g/mol. The number of piperazine rings is 1. The Kier molecular flexibility index (Phi) is 5.03. The lowest BCUT2D eigenvalue weighted by atomic mass is 10.2. The van der Waals surface area contributed by atoms with E-state index in [-0.39, 0.29) is 23.6 Å². The number of nitrogens with one attached hydrogen (secondary N) is 1. The van der Waals surface area contributed by atoms with Crippen LogP contribution in [-0.2, 0) is 4.74 Å². The summed E-state index contributed by atoms with van der Waals surface area (Å²) in [5.74, 6) is 0.0567. The van der Waals surface area contributed by atoms with Gasteiger partial charge < -0.3 is 14.5 Å². The van der Waals surface area contributed by atoms with Crippen molar-refractivity contribution in [1.82, 2.24) is 33.9 Å². The number of H-pyrrole nitrogens is 1. The average molecular weight is 427 g/mol. The second kappa shape index (κ2) is 7.56. The molecule has 3 aromatic heterocycles. The maximum atomic E-state index is 13.0. The zero-order valence-corrected chi connectivity index (χ0v) is 18.0. The number of fused-ring (bicyclic) bond motifs is 1. The molecule has 1 N–H and O–H groups in total. The quantitative estimate of drug-likeness (QED) is 0.657. The van der Waals surface area contributed by atoms with Gasteiger partial charge in [0.25, 0.3) is 5.91 Å². The van der Waals surface area contributed by atoms with Crippen molar-refractivity contribution in [2.45, 2.75) is 33.3 Å². The zero-order valence-electron chi connectivity index (χ0n) is 18.0. The smallest absolute Gasteiger partial charge is 0.410 e. The zero-order chi connectivity index (χ0) is 22.3. The highest BCUT2D eigenvalue weighted by Gasteiger charge is 2.29. The predicted octanol–water partition coefficient (Wildman–Crippen LogP) is 1.21. The van der Waals surface area contributed by atoms with Gasteiger partial charge in [-0.15, -0.1) is 0 Å². The van der Waals surface area contributed by atoms with E-state index in [9.17, 15) is 14.4 Å². The molecular weight excluding hydrogens is 402 g/mol. The molecule has 11 heteroatoms. The van der Waals surface area contributed by atoms with Crippen LogP contribution in [0.3, 0.4) is 0 Å². The topological polar surface area (TPSA) is 118 Å². The Bertz CT molecular complexity index is 1190. The molecule has 11 nitrogen and oxygen atoms in total. The third kappa shape index (κ3) is 4.03. The fourth-order valence-corrected chi connectivity index (χ4v) is 3.45. The highest BCUT2D eigenvalue weighted by atomic mass is 16.6. The first-order chi connectivity index (χ1) is 14.6. The van der Waals surface area contributed by atoms with Gasteiger partial charge in [-0.25, -0.2) is 14.3 Å². The van der Waals surface area contributed by atoms with Crippen LogP contribution in [0.2, 0.25) is 0 Å². The first-order valence-electron chi connectivity index (χ1n) is 10.0. The molecule has 0 aromatic carbocycles. The van der Waals surface area contributed by atoms with Crippen LogP contribution in [0.25, 0.3) is 11.6 Å². The molecule has 164 valence electrons. The minimum absolute atomic E-state index is 0.182. The number of carbonyl (C=O) groups excluding carboxylic acids is 2. The number of hydrogen-bond acceptors (Lipinski definition) is 6. The standard InChI is InChI=1S/C20H25N7O4/c1-13-14(12-21-27(13)17-22-15-6-5-7-26(15)18(29)23-17)16(28)24-8-10-25(11-9-24)19(30)31-20(2,3)4/h5-7,12H,8-11H2,1-4H3,(H,22,23,29). The van der Waals surface area contributed by atoms with Gasteiger partial charge in [-0.05, 0) is 39.8 Å². The van der Waals surface area contributed by atoms with Crippen molar-refractivity contribution >= 4 is 17.6 Å². The summed E-state index contributed by atoms with van der Waals surface area (Å²) in [5, 5.41) is 4.26. The summed E-state index contributed by atoms with van der Waals surface area (Å²) >= 11 is 0. The largest absolute Gasteiger partial charge is 0.444 e. The van der Waals surface area contributed by atoms with Crippen molar-refractivity contribution < 1.29 is 14.3 Å². The molecule has 1 saturated heterocycles. The van der Waals surface area contributed by atoms with Crippen LogP contribution in [0.15, 0.2) is 29.3 Å². The van der Waals surface area contributed by atoms with Gasteiger partial charge in [0.2, 0.25) is 5.95 Å². The summed E-state index contributed by atoms with van der Waals surface area (Å²) in [6.45, 7) is 8.80. The van der Waals surface area contributed by atoms with Crippen LogP contribution in [0.1, 0.15) is 36.8 Å². The van der Waals surface area contributed by atoms with Gasteiger partial charge in [0.1, 0.15) is 11.2 Å². The lowest BCUT2D eigenvalue weighted by Gasteiger charge is -2.35. The van der Waals surface area contributed by atoms with Crippen molar-refractivity contribution in [1.29, 1.82) is 0 Å². The number of nitrogens with zero attached hydrogens (tertiary/aromatic N) is 6. The molecule has 31 heavy (non-hydrogen) atoms. The van der Waals surface area contributed by atoms with E-state index in [0.29, 0.717) is 43.1 Å². The average Bonchev–Trinajstić information content (AvgIpc) is 3.33. The maximum absolute atomic E-state index is 13.0.